The van der Waals surface area contributed by atoms with E-state index in [-0.39, 0.29) is 6.09 Å². The number of nitrogens with one attached hydrogen (secondary N) is 2. The van der Waals surface area contributed by atoms with Gasteiger partial charge in [0.15, 0.2) is 5.96 Å². The van der Waals surface area contributed by atoms with Crippen LogP contribution in [0.5, 0.6) is 0 Å². The number of carbonyl (C=O) groups is 1. The summed E-state index contributed by atoms with van der Waals surface area (Å²) in [4.78, 5) is 18.5. The molecule has 1 fully saturated rings. The average Bonchev–Trinajstić information content (AvgIpc) is 2.57. The van der Waals surface area contributed by atoms with Crippen molar-refractivity contribution in [2.24, 2.45) is 10.9 Å². The summed E-state index contributed by atoms with van der Waals surface area (Å²) in [6.07, 6.45) is 3.91. The lowest BCUT2D eigenvalue weighted by atomic mass is 9.96. The lowest BCUT2D eigenvalue weighted by Crippen LogP contribution is -2.40. The smallest absolute Gasteiger partial charge is 0.407 e. The van der Waals surface area contributed by atoms with Crippen LogP contribution in [0.15, 0.2) is 4.99 Å². The van der Waals surface area contributed by atoms with Crippen LogP contribution < -0.4 is 10.6 Å². The first kappa shape index (κ1) is 22.5. The number of alkyl carbamates (subject to hydrolysis) is 1. The first-order valence-corrected chi connectivity index (χ1v) is 9.86. The van der Waals surface area contributed by atoms with Gasteiger partial charge in [-0.15, -0.1) is 0 Å². The Balaban J connectivity index is 2.29. The molecule has 0 saturated carbocycles. The molecule has 0 spiro atoms. The van der Waals surface area contributed by atoms with Crippen LogP contribution >= 0.6 is 0 Å². The summed E-state index contributed by atoms with van der Waals surface area (Å²) in [6.45, 7) is 12.5. The third-order valence-electron chi connectivity index (χ3n) is 4.17. The van der Waals surface area contributed by atoms with Crippen molar-refractivity contribution in [2.45, 2.75) is 59.0 Å². The summed E-state index contributed by atoms with van der Waals surface area (Å²) in [7, 11) is 2.08. The summed E-state index contributed by atoms with van der Waals surface area (Å²) in [6, 6.07) is 0. The highest BCUT2D eigenvalue weighted by atomic mass is 16.6. The number of guanidine groups is 1. The number of ether oxygens (including phenoxy) is 2. The molecule has 1 aliphatic rings. The van der Waals surface area contributed by atoms with Crippen molar-refractivity contribution in [3.8, 4) is 0 Å². The molecule has 1 heterocycles. The van der Waals surface area contributed by atoms with Gasteiger partial charge >= 0.3 is 6.09 Å². The molecule has 1 rings (SSSR count). The first-order chi connectivity index (χ1) is 12.3. The average molecular weight is 371 g/mol. The Hall–Kier alpha value is -1.50. The number of aliphatic imine (C=N–C) groups is 1. The van der Waals surface area contributed by atoms with E-state index in [1.165, 1.54) is 6.42 Å². The lowest BCUT2D eigenvalue weighted by Gasteiger charge is -2.26. The molecule has 0 aromatic heterocycles. The first-order valence-electron chi connectivity index (χ1n) is 9.86. The summed E-state index contributed by atoms with van der Waals surface area (Å²) in [5.41, 5.74) is -0.465. The minimum absolute atomic E-state index is 0.373. The molecule has 1 saturated heterocycles. The second-order valence-corrected chi connectivity index (χ2v) is 7.78. The zero-order valence-electron chi connectivity index (χ0n) is 17.3. The number of hydrogen-bond acceptors (Lipinski definition) is 4. The predicted molar refractivity (Wildman–Crippen MR) is 106 cm³/mol. The summed E-state index contributed by atoms with van der Waals surface area (Å²) >= 11 is 0. The molecule has 0 unspecified atom stereocenters. The zero-order chi connectivity index (χ0) is 19.4. The maximum absolute atomic E-state index is 11.6. The van der Waals surface area contributed by atoms with Crippen LogP contribution in [0.25, 0.3) is 0 Å². The van der Waals surface area contributed by atoms with Gasteiger partial charge in [-0.05, 0) is 59.3 Å². The van der Waals surface area contributed by atoms with E-state index in [1.807, 2.05) is 20.8 Å². The fourth-order valence-electron chi connectivity index (χ4n) is 2.76. The maximum atomic E-state index is 11.6. The number of amides is 1. The molecule has 1 amide bonds. The van der Waals surface area contributed by atoms with Crippen molar-refractivity contribution < 1.29 is 14.3 Å². The molecule has 7 nitrogen and oxygen atoms in total. The van der Waals surface area contributed by atoms with Crippen molar-refractivity contribution in [1.82, 2.24) is 15.5 Å². The van der Waals surface area contributed by atoms with E-state index in [0.29, 0.717) is 13.1 Å². The summed E-state index contributed by atoms with van der Waals surface area (Å²) in [5, 5.41) is 6.11. The van der Waals surface area contributed by atoms with Gasteiger partial charge in [-0.3, -0.25) is 4.99 Å². The van der Waals surface area contributed by atoms with Crippen molar-refractivity contribution in [1.29, 1.82) is 0 Å². The largest absolute Gasteiger partial charge is 0.444 e. The Labute approximate surface area is 158 Å². The molecule has 2 N–H and O–H groups in total. The Morgan fingerprint density at radius 3 is 2.58 bits per heavy atom. The molecule has 0 radical (unpaired) electrons. The van der Waals surface area contributed by atoms with E-state index in [9.17, 15) is 4.79 Å². The van der Waals surface area contributed by atoms with Crippen LogP contribution in [-0.4, -0.2) is 69.0 Å². The monoisotopic (exact) mass is 370 g/mol. The summed E-state index contributed by atoms with van der Waals surface area (Å²) in [5.74, 6) is 1.68. The highest BCUT2D eigenvalue weighted by molar-refractivity contribution is 5.79. The van der Waals surface area contributed by atoms with Gasteiger partial charge in [-0.25, -0.2) is 4.79 Å². The molecular weight excluding hydrogens is 332 g/mol. The second-order valence-electron chi connectivity index (χ2n) is 7.78. The third kappa shape index (κ3) is 10.5. The number of nitrogens with zero attached hydrogens (tertiary/aromatic N) is 2. The van der Waals surface area contributed by atoms with E-state index in [2.05, 4.69) is 34.5 Å². The SMILES string of the molecule is CCNC(=NCCCNC(=O)OC(C)(C)C)N(C)CCC1CCOCC1. The van der Waals surface area contributed by atoms with E-state index in [1.54, 1.807) is 0 Å². The van der Waals surface area contributed by atoms with Crippen LogP contribution in [0.3, 0.4) is 0 Å². The Morgan fingerprint density at radius 2 is 1.96 bits per heavy atom. The van der Waals surface area contributed by atoms with Crippen LogP contribution in [-0.2, 0) is 9.47 Å². The minimum atomic E-state index is -0.465. The van der Waals surface area contributed by atoms with Crippen LogP contribution in [0.2, 0.25) is 0 Å². The molecule has 0 bridgehead atoms. The van der Waals surface area contributed by atoms with Crippen molar-refractivity contribution in [3.63, 3.8) is 0 Å². The third-order valence-corrected chi connectivity index (χ3v) is 4.17. The van der Waals surface area contributed by atoms with Crippen molar-refractivity contribution >= 4 is 12.1 Å². The quantitative estimate of drug-likeness (QED) is 0.390. The van der Waals surface area contributed by atoms with Crippen LogP contribution in [0.1, 0.15) is 53.4 Å². The molecule has 0 aromatic rings. The highest BCUT2D eigenvalue weighted by Gasteiger charge is 2.16. The van der Waals surface area contributed by atoms with Gasteiger partial charge in [0.1, 0.15) is 5.60 Å². The van der Waals surface area contributed by atoms with Crippen LogP contribution in [0, 0.1) is 5.92 Å². The molecule has 26 heavy (non-hydrogen) atoms. The Morgan fingerprint density at radius 1 is 1.27 bits per heavy atom. The minimum Gasteiger partial charge on any atom is -0.444 e. The van der Waals surface area contributed by atoms with Crippen LogP contribution in [0.4, 0.5) is 4.79 Å². The predicted octanol–water partition coefficient (Wildman–Crippen LogP) is 2.62. The Bertz CT molecular complexity index is 429. The topological polar surface area (TPSA) is 75.2 Å². The Kier molecular flexibility index (Phi) is 10.4. The van der Waals surface area contributed by atoms with Gasteiger partial charge in [-0.1, -0.05) is 0 Å². The van der Waals surface area contributed by atoms with Crippen molar-refractivity contribution in [2.75, 3.05) is 46.4 Å². The van der Waals surface area contributed by atoms with E-state index < -0.39 is 5.60 Å². The maximum Gasteiger partial charge on any atom is 0.407 e. The molecule has 0 aliphatic carbocycles. The summed E-state index contributed by atoms with van der Waals surface area (Å²) < 4.78 is 10.6. The van der Waals surface area contributed by atoms with Gasteiger partial charge in [-0.2, -0.15) is 0 Å². The molecule has 7 heteroatoms. The van der Waals surface area contributed by atoms with E-state index in [0.717, 1.165) is 57.4 Å². The van der Waals surface area contributed by atoms with Gasteiger partial charge < -0.3 is 25.0 Å². The zero-order valence-corrected chi connectivity index (χ0v) is 17.3. The molecule has 0 atom stereocenters. The fraction of sp³-hybridized carbons (Fsp3) is 0.895. The van der Waals surface area contributed by atoms with E-state index >= 15 is 0 Å². The number of rotatable bonds is 8. The molecular formula is C19H38N4O3. The molecule has 152 valence electrons. The number of carbonyl (C=O) groups excluding carboxylic acids is 1. The molecule has 0 aromatic carbocycles. The van der Waals surface area contributed by atoms with Gasteiger partial charge in [0.05, 0.1) is 0 Å². The van der Waals surface area contributed by atoms with Gasteiger partial charge in [0.2, 0.25) is 0 Å². The van der Waals surface area contributed by atoms with Gasteiger partial charge in [0.25, 0.3) is 0 Å². The highest BCUT2D eigenvalue weighted by Crippen LogP contribution is 2.18. The van der Waals surface area contributed by atoms with Gasteiger partial charge in [0, 0.05) is 46.4 Å². The normalized spacial score (nSPS) is 16.3. The molecule has 1 aliphatic heterocycles. The number of hydrogen-bond donors (Lipinski definition) is 2. The lowest BCUT2D eigenvalue weighted by molar-refractivity contribution is 0.0527. The standard InChI is InChI=1S/C19H38N4O3/c1-6-20-17(23(5)13-8-16-9-14-25-15-10-16)21-11-7-12-22-18(24)26-19(2,3)4/h16H,6-15H2,1-5H3,(H,20,21)(H,22,24). The fourth-order valence-corrected chi connectivity index (χ4v) is 2.76. The van der Waals surface area contributed by atoms with Crippen molar-refractivity contribution in [3.05, 3.63) is 0 Å². The second kappa shape index (κ2) is 12.0. The van der Waals surface area contributed by atoms with E-state index in [4.69, 9.17) is 9.47 Å².